The van der Waals surface area contributed by atoms with Crippen LogP contribution < -0.4 is 10.1 Å². The van der Waals surface area contributed by atoms with Crippen LogP contribution in [0.25, 0.3) is 0 Å². The standard InChI is InChI=1S/C17H24N2O4S/c1-18-17(20)14-6-7-24(21,22)16-11-19(10-15(14)16)9-12-4-3-5-13(8-12)23-2/h3-5,8,14-16H,6-7,9-11H2,1-2H3,(H,18,20)/t14-,15+,16+/m1/s1. The van der Waals surface area contributed by atoms with Crippen LogP contribution in [0.2, 0.25) is 0 Å². The van der Waals surface area contributed by atoms with Crippen molar-refractivity contribution < 1.29 is 17.9 Å². The van der Waals surface area contributed by atoms with Crippen molar-refractivity contribution in [3.05, 3.63) is 29.8 Å². The summed E-state index contributed by atoms with van der Waals surface area (Å²) in [5.74, 6) is 0.537. The van der Waals surface area contributed by atoms with Crippen LogP contribution in [0, 0.1) is 11.8 Å². The molecule has 0 aromatic heterocycles. The van der Waals surface area contributed by atoms with Gasteiger partial charge in [-0.2, -0.15) is 0 Å². The van der Waals surface area contributed by atoms with Gasteiger partial charge in [-0.15, -0.1) is 0 Å². The lowest BCUT2D eigenvalue weighted by Crippen LogP contribution is -2.46. The van der Waals surface area contributed by atoms with Crippen LogP contribution in [-0.4, -0.2) is 57.5 Å². The normalized spacial score (nSPS) is 29.0. The number of rotatable bonds is 4. The minimum absolute atomic E-state index is 0.0388. The summed E-state index contributed by atoms with van der Waals surface area (Å²) in [6.45, 7) is 1.80. The number of methoxy groups -OCH3 is 1. The van der Waals surface area contributed by atoms with Crippen LogP contribution >= 0.6 is 0 Å². The number of carbonyl (C=O) groups excluding carboxylic acids is 1. The Morgan fingerprint density at radius 2 is 2.17 bits per heavy atom. The van der Waals surface area contributed by atoms with E-state index in [0.29, 0.717) is 26.1 Å². The van der Waals surface area contributed by atoms with Crippen LogP contribution in [0.1, 0.15) is 12.0 Å². The molecule has 0 radical (unpaired) electrons. The maximum atomic E-state index is 12.4. The molecule has 6 nitrogen and oxygen atoms in total. The number of likely N-dealkylation sites (tertiary alicyclic amines) is 1. The van der Waals surface area contributed by atoms with E-state index in [2.05, 4.69) is 10.2 Å². The summed E-state index contributed by atoms with van der Waals surface area (Å²) >= 11 is 0. The summed E-state index contributed by atoms with van der Waals surface area (Å²) in [6.07, 6.45) is 0.427. The van der Waals surface area contributed by atoms with Gasteiger partial charge in [0.15, 0.2) is 9.84 Å². The molecule has 0 spiro atoms. The Labute approximate surface area is 143 Å². The van der Waals surface area contributed by atoms with Gasteiger partial charge in [-0.05, 0) is 24.1 Å². The summed E-state index contributed by atoms with van der Waals surface area (Å²) < 4.78 is 30.1. The Kier molecular flexibility index (Phi) is 4.83. The maximum Gasteiger partial charge on any atom is 0.223 e. The third kappa shape index (κ3) is 3.28. The maximum absolute atomic E-state index is 12.4. The number of benzene rings is 1. The fourth-order valence-corrected chi connectivity index (χ4v) is 6.10. The minimum Gasteiger partial charge on any atom is -0.497 e. The molecular formula is C17H24N2O4S. The third-order valence-electron chi connectivity index (χ3n) is 5.20. The van der Waals surface area contributed by atoms with E-state index in [-0.39, 0.29) is 23.5 Å². The van der Waals surface area contributed by atoms with Crippen molar-refractivity contribution in [2.45, 2.75) is 18.2 Å². The Morgan fingerprint density at radius 1 is 1.38 bits per heavy atom. The molecule has 1 amide bonds. The second kappa shape index (κ2) is 6.72. The quantitative estimate of drug-likeness (QED) is 0.862. The van der Waals surface area contributed by atoms with E-state index < -0.39 is 15.1 Å². The predicted molar refractivity (Wildman–Crippen MR) is 91.5 cm³/mol. The average molecular weight is 352 g/mol. The summed E-state index contributed by atoms with van der Waals surface area (Å²) in [4.78, 5) is 14.3. The van der Waals surface area contributed by atoms with E-state index in [9.17, 15) is 13.2 Å². The molecule has 1 aromatic rings. The van der Waals surface area contributed by atoms with Gasteiger partial charge in [-0.3, -0.25) is 9.69 Å². The van der Waals surface area contributed by atoms with Crippen LogP contribution in [-0.2, 0) is 21.2 Å². The van der Waals surface area contributed by atoms with E-state index in [1.165, 1.54) is 0 Å². The molecule has 0 unspecified atom stereocenters. The molecule has 2 fully saturated rings. The fraction of sp³-hybridized carbons (Fsp3) is 0.588. The van der Waals surface area contributed by atoms with Crippen LogP contribution in [0.15, 0.2) is 24.3 Å². The van der Waals surface area contributed by atoms with Crippen molar-refractivity contribution in [3.63, 3.8) is 0 Å². The van der Waals surface area contributed by atoms with E-state index >= 15 is 0 Å². The van der Waals surface area contributed by atoms with Gasteiger partial charge in [-0.25, -0.2) is 8.42 Å². The van der Waals surface area contributed by atoms with Gasteiger partial charge in [0.25, 0.3) is 0 Å². The molecule has 0 bridgehead atoms. The zero-order valence-electron chi connectivity index (χ0n) is 14.1. The highest BCUT2D eigenvalue weighted by molar-refractivity contribution is 7.92. The molecular weight excluding hydrogens is 328 g/mol. The molecule has 132 valence electrons. The van der Waals surface area contributed by atoms with Gasteiger partial charge in [0.05, 0.1) is 18.1 Å². The lowest BCUT2D eigenvalue weighted by molar-refractivity contribution is -0.126. The number of fused-ring (bicyclic) bond motifs is 1. The predicted octanol–water partition coefficient (Wildman–Crippen LogP) is 0.676. The van der Waals surface area contributed by atoms with Crippen molar-refractivity contribution in [3.8, 4) is 5.75 Å². The van der Waals surface area contributed by atoms with Gasteiger partial charge in [0.2, 0.25) is 5.91 Å². The van der Waals surface area contributed by atoms with E-state index in [1.54, 1.807) is 14.2 Å². The van der Waals surface area contributed by atoms with Gasteiger partial charge in [0.1, 0.15) is 5.75 Å². The highest BCUT2D eigenvalue weighted by Crippen LogP contribution is 2.37. The van der Waals surface area contributed by atoms with Crippen molar-refractivity contribution in [2.24, 2.45) is 11.8 Å². The number of hydrogen-bond acceptors (Lipinski definition) is 5. The second-order valence-electron chi connectivity index (χ2n) is 6.62. The highest BCUT2D eigenvalue weighted by Gasteiger charge is 2.50. The van der Waals surface area contributed by atoms with Crippen LogP contribution in [0.3, 0.4) is 0 Å². The number of nitrogens with zero attached hydrogens (tertiary/aromatic N) is 1. The number of hydrogen-bond donors (Lipinski definition) is 1. The Morgan fingerprint density at radius 3 is 2.88 bits per heavy atom. The largest absolute Gasteiger partial charge is 0.497 e. The monoisotopic (exact) mass is 352 g/mol. The van der Waals surface area contributed by atoms with Crippen molar-refractivity contribution in [2.75, 3.05) is 33.0 Å². The highest BCUT2D eigenvalue weighted by atomic mass is 32.2. The molecule has 24 heavy (non-hydrogen) atoms. The summed E-state index contributed by atoms with van der Waals surface area (Å²) in [7, 11) is 0.124. The van der Waals surface area contributed by atoms with Gasteiger partial charge in [0, 0.05) is 38.5 Å². The molecule has 3 atom stereocenters. The molecule has 2 aliphatic heterocycles. The van der Waals surface area contributed by atoms with E-state index in [0.717, 1.165) is 11.3 Å². The van der Waals surface area contributed by atoms with Gasteiger partial charge in [-0.1, -0.05) is 12.1 Å². The molecule has 3 rings (SSSR count). The van der Waals surface area contributed by atoms with E-state index in [1.807, 2.05) is 24.3 Å². The van der Waals surface area contributed by atoms with Crippen molar-refractivity contribution >= 4 is 15.7 Å². The summed E-state index contributed by atoms with van der Waals surface area (Å²) in [5, 5.41) is 2.25. The lowest BCUT2D eigenvalue weighted by atomic mass is 9.87. The van der Waals surface area contributed by atoms with Crippen LogP contribution in [0.4, 0.5) is 0 Å². The topological polar surface area (TPSA) is 75.7 Å². The van der Waals surface area contributed by atoms with Gasteiger partial charge < -0.3 is 10.1 Å². The second-order valence-corrected chi connectivity index (χ2v) is 8.96. The Balaban J connectivity index is 1.78. The minimum atomic E-state index is -3.12. The fourth-order valence-electron chi connectivity index (χ4n) is 3.97. The van der Waals surface area contributed by atoms with Gasteiger partial charge >= 0.3 is 0 Å². The van der Waals surface area contributed by atoms with Crippen LogP contribution in [0.5, 0.6) is 5.75 Å². The van der Waals surface area contributed by atoms with E-state index in [4.69, 9.17) is 4.74 Å². The van der Waals surface area contributed by atoms with Crippen molar-refractivity contribution in [1.82, 2.24) is 10.2 Å². The SMILES string of the molecule is CNC(=O)[C@@H]1CCS(=O)(=O)[C@H]2CN(Cc3cccc(OC)c3)C[C@@H]12. The number of sulfone groups is 1. The molecule has 2 saturated heterocycles. The molecule has 1 N–H and O–H groups in total. The molecule has 0 aliphatic carbocycles. The lowest BCUT2D eigenvalue weighted by Gasteiger charge is -2.31. The number of carbonyl (C=O) groups is 1. The third-order valence-corrected chi connectivity index (χ3v) is 7.43. The number of amides is 1. The summed E-state index contributed by atoms with van der Waals surface area (Å²) in [5.41, 5.74) is 1.09. The molecule has 2 aliphatic rings. The number of nitrogens with one attached hydrogen (secondary N) is 1. The average Bonchev–Trinajstić information content (AvgIpc) is 2.99. The first-order valence-electron chi connectivity index (χ1n) is 8.23. The van der Waals surface area contributed by atoms with Crippen molar-refractivity contribution in [1.29, 1.82) is 0 Å². The zero-order valence-corrected chi connectivity index (χ0v) is 14.9. The molecule has 1 aromatic carbocycles. The first kappa shape index (κ1) is 17.2. The molecule has 2 heterocycles. The first-order chi connectivity index (χ1) is 11.4. The summed E-state index contributed by atoms with van der Waals surface area (Å²) in [6, 6.07) is 7.79. The Hall–Kier alpha value is -1.60. The zero-order chi connectivity index (χ0) is 17.3. The Bertz CT molecular complexity index is 719. The molecule has 0 saturated carbocycles. The molecule has 7 heteroatoms. The number of ether oxygens (including phenoxy) is 1. The smallest absolute Gasteiger partial charge is 0.223 e. The first-order valence-corrected chi connectivity index (χ1v) is 9.94.